The summed E-state index contributed by atoms with van der Waals surface area (Å²) < 4.78 is 28.4. The number of aliphatic hydroxyl groups is 2. The zero-order valence-corrected chi connectivity index (χ0v) is 46.6. The summed E-state index contributed by atoms with van der Waals surface area (Å²) in [5.41, 5.74) is 0. The topological polar surface area (TPSA) is 175 Å². The van der Waals surface area contributed by atoms with Gasteiger partial charge in [0.25, 0.3) is 0 Å². The van der Waals surface area contributed by atoms with E-state index in [2.05, 4.69) is 57.2 Å². The van der Waals surface area contributed by atoms with Gasteiger partial charge in [-0.2, -0.15) is 0 Å². The fraction of sp³-hybridized carbons (Fsp3) is 0.836. The Balaban J connectivity index is 2.69. The van der Waals surface area contributed by atoms with Crippen molar-refractivity contribution in [3.05, 3.63) is 36.5 Å². The molecule has 1 aliphatic heterocycles. The molecule has 0 radical (unpaired) electrons. The summed E-state index contributed by atoms with van der Waals surface area (Å²) in [6.07, 6.45) is 45.5. The predicted molar refractivity (Wildman–Crippen MR) is 294 cm³/mol. The van der Waals surface area contributed by atoms with Crippen molar-refractivity contribution >= 4 is 23.9 Å². The normalized spacial score (nSPS) is 18.5. The lowest BCUT2D eigenvalue weighted by Crippen LogP contribution is -2.61. The zero-order valence-electron chi connectivity index (χ0n) is 46.6. The van der Waals surface area contributed by atoms with Gasteiger partial charge < -0.3 is 39.0 Å². The van der Waals surface area contributed by atoms with Gasteiger partial charge in [0.1, 0.15) is 18.8 Å². The number of carbonyl (C=O) groups is 4. The van der Waals surface area contributed by atoms with Gasteiger partial charge in [0, 0.05) is 19.3 Å². The Morgan fingerprint density at radius 1 is 0.466 bits per heavy atom. The molecule has 6 unspecified atom stereocenters. The molecule has 12 nitrogen and oxygen atoms in total. The second-order valence-corrected chi connectivity index (χ2v) is 20.6. The fourth-order valence-electron chi connectivity index (χ4n) is 9.15. The number of unbranched alkanes of at least 4 members (excludes halogenated alkanes) is 31. The van der Waals surface area contributed by atoms with Gasteiger partial charge in [-0.1, -0.05) is 243 Å². The molecule has 1 aliphatic rings. The lowest BCUT2D eigenvalue weighted by Gasteiger charge is -2.40. The first-order valence-electron chi connectivity index (χ1n) is 30.0. The molecule has 1 rings (SSSR count). The van der Waals surface area contributed by atoms with E-state index in [4.69, 9.17) is 23.7 Å². The predicted octanol–water partition coefficient (Wildman–Crippen LogP) is 15.2. The minimum atomic E-state index is -1.91. The van der Waals surface area contributed by atoms with Crippen LogP contribution in [-0.4, -0.2) is 89.2 Å². The van der Waals surface area contributed by atoms with Gasteiger partial charge in [0.15, 0.2) is 24.6 Å². The fourth-order valence-corrected chi connectivity index (χ4v) is 9.15. The highest BCUT2D eigenvalue weighted by Gasteiger charge is 2.50. The zero-order chi connectivity index (χ0) is 53.3. The van der Waals surface area contributed by atoms with Crippen molar-refractivity contribution in [1.29, 1.82) is 0 Å². The molecule has 1 fully saturated rings. The van der Waals surface area contributed by atoms with Crippen molar-refractivity contribution < 1.29 is 58.2 Å². The molecule has 0 aliphatic carbocycles. The average molecular weight is 1030 g/mol. The number of carbonyl (C=O) groups excluding carboxylic acids is 3. The maximum atomic E-state index is 13.1. The lowest BCUT2D eigenvalue weighted by molar-refractivity contribution is -0.301. The van der Waals surface area contributed by atoms with Gasteiger partial charge in [-0.05, 0) is 51.4 Å². The highest BCUT2D eigenvalue weighted by Crippen LogP contribution is 2.26. The Morgan fingerprint density at radius 2 is 0.863 bits per heavy atom. The van der Waals surface area contributed by atoms with E-state index in [1.54, 1.807) is 0 Å². The van der Waals surface area contributed by atoms with E-state index < -0.39 is 67.3 Å². The highest BCUT2D eigenvalue weighted by molar-refractivity contribution is 5.74. The van der Waals surface area contributed by atoms with Gasteiger partial charge in [-0.25, -0.2) is 4.79 Å². The van der Waals surface area contributed by atoms with E-state index >= 15 is 0 Å². The SMILES string of the molecule is CC/C=C\C/C=C\C/C=C\CCCCCC(=O)OC1C(OCC(COC(=O)CCCCCCCCCCCCCCCCC)OC(=O)CCCCCCCCCCCCCCCCC)OC(C(=O)O)C(O)C1O. The summed E-state index contributed by atoms with van der Waals surface area (Å²) in [5.74, 6) is -3.13. The Hall–Kier alpha value is -3.06. The molecule has 3 N–H and O–H groups in total. The number of hydrogen-bond donors (Lipinski definition) is 3. The first-order valence-corrected chi connectivity index (χ1v) is 30.0. The minimum Gasteiger partial charge on any atom is -0.479 e. The number of carboxylic acid groups (broad SMARTS) is 1. The number of hydrogen-bond acceptors (Lipinski definition) is 11. The third kappa shape index (κ3) is 39.9. The summed E-state index contributed by atoms with van der Waals surface area (Å²) >= 11 is 0. The van der Waals surface area contributed by atoms with Crippen LogP contribution in [0.4, 0.5) is 0 Å². The van der Waals surface area contributed by atoms with Gasteiger partial charge in [-0.15, -0.1) is 0 Å². The number of esters is 3. The summed E-state index contributed by atoms with van der Waals surface area (Å²) in [5, 5.41) is 31.4. The quantitative estimate of drug-likeness (QED) is 0.0228. The third-order valence-electron chi connectivity index (χ3n) is 13.7. The summed E-state index contributed by atoms with van der Waals surface area (Å²) in [4.78, 5) is 51.1. The van der Waals surface area contributed by atoms with Crippen molar-refractivity contribution in [2.24, 2.45) is 0 Å². The molecular weight excluding hydrogens is 925 g/mol. The summed E-state index contributed by atoms with van der Waals surface area (Å²) in [7, 11) is 0. The molecule has 6 atom stereocenters. The Labute approximate surface area is 444 Å². The Morgan fingerprint density at radius 3 is 1.32 bits per heavy atom. The molecule has 424 valence electrons. The molecule has 0 amide bonds. The van der Waals surface area contributed by atoms with Crippen molar-refractivity contribution in [2.45, 2.75) is 314 Å². The highest BCUT2D eigenvalue weighted by atomic mass is 16.7. The molecule has 0 saturated carbocycles. The van der Waals surface area contributed by atoms with Crippen LogP contribution in [0.1, 0.15) is 278 Å². The molecule has 0 bridgehead atoms. The monoisotopic (exact) mass is 1030 g/mol. The van der Waals surface area contributed by atoms with E-state index in [-0.39, 0.29) is 25.9 Å². The van der Waals surface area contributed by atoms with E-state index in [0.29, 0.717) is 19.3 Å². The number of aliphatic carboxylic acids is 1. The van der Waals surface area contributed by atoms with Crippen LogP contribution in [0, 0.1) is 0 Å². The van der Waals surface area contributed by atoms with Crippen molar-refractivity contribution in [2.75, 3.05) is 13.2 Å². The smallest absolute Gasteiger partial charge is 0.335 e. The van der Waals surface area contributed by atoms with Gasteiger partial charge in [0.2, 0.25) is 0 Å². The van der Waals surface area contributed by atoms with E-state index in [1.807, 2.05) is 0 Å². The molecule has 1 saturated heterocycles. The lowest BCUT2D eigenvalue weighted by atomic mass is 9.98. The van der Waals surface area contributed by atoms with Crippen molar-refractivity contribution in [1.82, 2.24) is 0 Å². The molecule has 0 aromatic rings. The number of aliphatic hydroxyl groups excluding tert-OH is 2. The van der Waals surface area contributed by atoms with Crippen LogP contribution < -0.4 is 0 Å². The molecule has 0 spiro atoms. The van der Waals surface area contributed by atoms with Crippen LogP contribution in [0.25, 0.3) is 0 Å². The standard InChI is InChI=1S/C61H108O12/c1-4-7-10-13-16-19-22-25-27-30-32-35-38-41-44-47-53(62)69-50-52(71-54(63)48-45-42-39-36-34-31-28-26-23-20-17-14-11-8-5-2)51-70-61-59(57(66)56(65)58(73-61)60(67)68)72-55(64)49-46-43-40-37-33-29-24-21-18-15-12-9-6-3/h9,12,18,21,29,33,52,56-59,61,65-66H,4-8,10-11,13-17,19-20,22-28,30-32,34-51H2,1-3H3,(H,67,68)/b12-9-,21-18-,33-29-. The Bertz CT molecular complexity index is 1410. The van der Waals surface area contributed by atoms with Crippen molar-refractivity contribution in [3.63, 3.8) is 0 Å². The summed E-state index contributed by atoms with van der Waals surface area (Å²) in [6.45, 7) is 5.89. The first kappa shape index (κ1) is 68.0. The average Bonchev–Trinajstić information content (AvgIpc) is 3.37. The second-order valence-electron chi connectivity index (χ2n) is 20.6. The van der Waals surface area contributed by atoms with Crippen molar-refractivity contribution in [3.8, 4) is 0 Å². The largest absolute Gasteiger partial charge is 0.479 e. The number of allylic oxidation sites excluding steroid dienone is 6. The maximum absolute atomic E-state index is 13.1. The van der Waals surface area contributed by atoms with Crippen LogP contribution in [0.15, 0.2) is 36.5 Å². The number of carboxylic acids is 1. The number of rotatable bonds is 51. The van der Waals surface area contributed by atoms with Gasteiger partial charge >= 0.3 is 23.9 Å². The van der Waals surface area contributed by atoms with Crippen LogP contribution in [0.3, 0.4) is 0 Å². The molecule has 0 aromatic carbocycles. The first-order chi connectivity index (χ1) is 35.6. The van der Waals surface area contributed by atoms with Crippen LogP contribution in [0.2, 0.25) is 0 Å². The van der Waals surface area contributed by atoms with Crippen LogP contribution in [-0.2, 0) is 42.9 Å². The van der Waals surface area contributed by atoms with E-state index in [9.17, 15) is 34.5 Å². The maximum Gasteiger partial charge on any atom is 0.335 e. The number of ether oxygens (including phenoxy) is 5. The van der Waals surface area contributed by atoms with E-state index in [0.717, 1.165) is 77.0 Å². The Kier molecular flexibility index (Phi) is 46.4. The summed E-state index contributed by atoms with van der Waals surface area (Å²) in [6, 6.07) is 0. The van der Waals surface area contributed by atoms with Gasteiger partial charge in [0.05, 0.1) is 6.61 Å². The second kappa shape index (κ2) is 49.8. The molecule has 12 heteroatoms. The van der Waals surface area contributed by atoms with E-state index in [1.165, 1.54) is 141 Å². The minimum absolute atomic E-state index is 0.0287. The molecule has 73 heavy (non-hydrogen) atoms. The van der Waals surface area contributed by atoms with Crippen LogP contribution >= 0.6 is 0 Å². The van der Waals surface area contributed by atoms with Crippen LogP contribution in [0.5, 0.6) is 0 Å². The molecule has 1 heterocycles. The van der Waals surface area contributed by atoms with Gasteiger partial charge in [-0.3, -0.25) is 14.4 Å². The molecule has 0 aromatic heterocycles. The molecular formula is C61H108O12. The third-order valence-corrected chi connectivity index (χ3v) is 13.7.